The second-order valence-corrected chi connectivity index (χ2v) is 4.93. The summed E-state index contributed by atoms with van der Waals surface area (Å²) in [6.07, 6.45) is 1.38. The third kappa shape index (κ3) is 3.20. The number of rotatable bonds is 4. The van der Waals surface area contributed by atoms with Crippen LogP contribution in [-0.4, -0.2) is 30.7 Å². The first-order chi connectivity index (χ1) is 8.16. The molecule has 2 N–H and O–H groups in total. The van der Waals surface area contributed by atoms with Gasteiger partial charge in [-0.1, -0.05) is 12.1 Å². The van der Waals surface area contributed by atoms with Gasteiger partial charge in [0.25, 0.3) is 0 Å². The molecule has 1 aliphatic heterocycles. The van der Waals surface area contributed by atoms with Crippen LogP contribution >= 0.6 is 0 Å². The first-order valence-corrected chi connectivity index (χ1v) is 6.37. The molecule has 1 aliphatic rings. The highest BCUT2D eigenvalue weighted by Crippen LogP contribution is 2.23. The van der Waals surface area contributed by atoms with Crippen molar-refractivity contribution in [2.75, 3.05) is 25.4 Å². The zero-order chi connectivity index (χ0) is 12.3. The van der Waals surface area contributed by atoms with Crippen molar-refractivity contribution >= 4 is 5.69 Å². The van der Waals surface area contributed by atoms with Gasteiger partial charge >= 0.3 is 0 Å². The molecule has 0 radical (unpaired) electrons. The average molecular weight is 234 g/mol. The van der Waals surface area contributed by atoms with Gasteiger partial charge in [-0.25, -0.2) is 0 Å². The number of hydrogen-bond donors (Lipinski definition) is 1. The molecule has 2 rings (SSSR count). The number of fused-ring (bicyclic) bond motifs is 1. The lowest BCUT2D eigenvalue weighted by molar-refractivity contribution is 0.0563. The Morgan fingerprint density at radius 3 is 3.00 bits per heavy atom. The quantitative estimate of drug-likeness (QED) is 0.810. The van der Waals surface area contributed by atoms with Gasteiger partial charge in [0.2, 0.25) is 0 Å². The van der Waals surface area contributed by atoms with E-state index in [0.29, 0.717) is 6.10 Å². The molecule has 0 aliphatic carbocycles. The van der Waals surface area contributed by atoms with Crippen LogP contribution in [0.3, 0.4) is 0 Å². The van der Waals surface area contributed by atoms with Gasteiger partial charge in [-0.15, -0.1) is 0 Å². The zero-order valence-corrected chi connectivity index (χ0v) is 10.8. The lowest BCUT2D eigenvalue weighted by Gasteiger charge is -2.29. The van der Waals surface area contributed by atoms with Crippen LogP contribution in [0.15, 0.2) is 18.2 Å². The molecule has 0 bridgehead atoms. The molecule has 0 aromatic heterocycles. The van der Waals surface area contributed by atoms with Crippen LogP contribution in [0.2, 0.25) is 0 Å². The van der Waals surface area contributed by atoms with E-state index in [-0.39, 0.29) is 0 Å². The number of nitrogen functional groups attached to an aromatic ring is 1. The predicted octanol–water partition coefficient (Wildman–Crippen LogP) is 2.05. The molecule has 0 saturated heterocycles. The van der Waals surface area contributed by atoms with E-state index in [0.717, 1.165) is 38.3 Å². The second-order valence-electron chi connectivity index (χ2n) is 4.93. The van der Waals surface area contributed by atoms with Gasteiger partial charge < -0.3 is 10.5 Å². The number of nitrogens with two attached hydrogens (primary N) is 1. The van der Waals surface area contributed by atoms with E-state index in [4.69, 9.17) is 10.5 Å². The molecular formula is C14H22N2O. The minimum absolute atomic E-state index is 0.322. The summed E-state index contributed by atoms with van der Waals surface area (Å²) in [6, 6.07) is 6.22. The fraction of sp³-hybridized carbons (Fsp3) is 0.571. The summed E-state index contributed by atoms with van der Waals surface area (Å²) in [6.45, 7) is 8.06. The van der Waals surface area contributed by atoms with Crippen molar-refractivity contribution in [2.45, 2.75) is 32.9 Å². The topological polar surface area (TPSA) is 38.5 Å². The van der Waals surface area contributed by atoms with E-state index in [1.54, 1.807) is 0 Å². The smallest absolute Gasteiger partial charge is 0.0597 e. The van der Waals surface area contributed by atoms with Crippen molar-refractivity contribution in [3.8, 4) is 0 Å². The largest absolute Gasteiger partial charge is 0.398 e. The van der Waals surface area contributed by atoms with Gasteiger partial charge in [0.05, 0.1) is 12.7 Å². The fourth-order valence-corrected chi connectivity index (χ4v) is 2.31. The van der Waals surface area contributed by atoms with Crippen molar-refractivity contribution in [3.05, 3.63) is 29.3 Å². The average Bonchev–Trinajstić information content (AvgIpc) is 2.29. The summed E-state index contributed by atoms with van der Waals surface area (Å²) in [5.74, 6) is 0. The van der Waals surface area contributed by atoms with Crippen LogP contribution in [0, 0.1) is 0 Å². The Balaban J connectivity index is 1.90. The summed E-state index contributed by atoms with van der Waals surface area (Å²) in [5, 5.41) is 0. The molecule has 1 aromatic rings. The minimum Gasteiger partial charge on any atom is -0.398 e. The van der Waals surface area contributed by atoms with Crippen molar-refractivity contribution in [1.29, 1.82) is 0 Å². The highest BCUT2D eigenvalue weighted by molar-refractivity contribution is 5.51. The zero-order valence-electron chi connectivity index (χ0n) is 10.8. The number of benzene rings is 1. The Labute approximate surface area is 104 Å². The summed E-state index contributed by atoms with van der Waals surface area (Å²) in [4.78, 5) is 2.43. The maximum atomic E-state index is 5.98. The van der Waals surface area contributed by atoms with Crippen molar-refractivity contribution in [3.63, 3.8) is 0 Å². The first kappa shape index (κ1) is 12.4. The van der Waals surface area contributed by atoms with Crippen molar-refractivity contribution < 1.29 is 4.74 Å². The number of hydrogen-bond acceptors (Lipinski definition) is 3. The van der Waals surface area contributed by atoms with Gasteiger partial charge in [-0.2, -0.15) is 0 Å². The van der Waals surface area contributed by atoms with Gasteiger partial charge in [0, 0.05) is 25.3 Å². The summed E-state index contributed by atoms with van der Waals surface area (Å²) in [5.41, 5.74) is 9.65. The predicted molar refractivity (Wildman–Crippen MR) is 70.9 cm³/mol. The van der Waals surface area contributed by atoms with Crippen molar-refractivity contribution in [2.24, 2.45) is 0 Å². The Morgan fingerprint density at radius 1 is 1.41 bits per heavy atom. The molecule has 3 nitrogen and oxygen atoms in total. The van der Waals surface area contributed by atoms with E-state index < -0.39 is 0 Å². The minimum atomic E-state index is 0.322. The molecule has 94 valence electrons. The first-order valence-electron chi connectivity index (χ1n) is 6.37. The van der Waals surface area contributed by atoms with Crippen LogP contribution in [0.1, 0.15) is 25.0 Å². The normalized spacial score (nSPS) is 16.2. The van der Waals surface area contributed by atoms with Gasteiger partial charge in [-0.05, 0) is 37.5 Å². The highest BCUT2D eigenvalue weighted by Gasteiger charge is 2.17. The number of anilines is 1. The second kappa shape index (κ2) is 5.52. The maximum absolute atomic E-state index is 5.98. The van der Waals surface area contributed by atoms with Crippen LogP contribution < -0.4 is 5.73 Å². The van der Waals surface area contributed by atoms with Gasteiger partial charge in [0.15, 0.2) is 0 Å². The molecule has 3 heteroatoms. The van der Waals surface area contributed by atoms with E-state index >= 15 is 0 Å². The molecule has 1 aromatic carbocycles. The van der Waals surface area contributed by atoms with E-state index in [1.165, 1.54) is 11.1 Å². The molecule has 17 heavy (non-hydrogen) atoms. The van der Waals surface area contributed by atoms with Gasteiger partial charge in [0.1, 0.15) is 0 Å². The molecule has 0 unspecified atom stereocenters. The van der Waals surface area contributed by atoms with Gasteiger partial charge in [-0.3, -0.25) is 4.90 Å². The van der Waals surface area contributed by atoms with Crippen LogP contribution in [0.5, 0.6) is 0 Å². The van der Waals surface area contributed by atoms with E-state index in [1.807, 2.05) is 12.1 Å². The number of ether oxygens (including phenoxy) is 1. The fourth-order valence-electron chi connectivity index (χ4n) is 2.31. The molecule has 0 amide bonds. The maximum Gasteiger partial charge on any atom is 0.0597 e. The van der Waals surface area contributed by atoms with E-state index in [2.05, 4.69) is 24.8 Å². The Hall–Kier alpha value is -1.06. The summed E-state index contributed by atoms with van der Waals surface area (Å²) in [7, 11) is 0. The monoisotopic (exact) mass is 234 g/mol. The van der Waals surface area contributed by atoms with Crippen LogP contribution in [-0.2, 0) is 17.7 Å². The molecular weight excluding hydrogens is 212 g/mol. The Bertz CT molecular complexity index is 376. The Kier molecular flexibility index (Phi) is 4.02. The molecule has 0 saturated carbocycles. The summed E-state index contributed by atoms with van der Waals surface area (Å²) < 4.78 is 5.59. The molecule has 1 heterocycles. The molecule has 0 spiro atoms. The van der Waals surface area contributed by atoms with Crippen LogP contribution in [0.25, 0.3) is 0 Å². The number of nitrogens with zero attached hydrogens (tertiary/aromatic N) is 1. The lowest BCUT2D eigenvalue weighted by atomic mass is 9.98. The molecule has 0 atom stereocenters. The molecule has 0 fully saturated rings. The van der Waals surface area contributed by atoms with Crippen molar-refractivity contribution in [1.82, 2.24) is 4.90 Å². The Morgan fingerprint density at radius 2 is 2.24 bits per heavy atom. The summed E-state index contributed by atoms with van der Waals surface area (Å²) >= 11 is 0. The van der Waals surface area contributed by atoms with Crippen LogP contribution in [0.4, 0.5) is 5.69 Å². The third-order valence-electron chi connectivity index (χ3n) is 3.24. The lowest BCUT2D eigenvalue weighted by Crippen LogP contribution is -2.34. The SMILES string of the molecule is CC(C)OCCN1CCc2c(N)cccc2C1. The third-order valence-corrected chi connectivity index (χ3v) is 3.24. The van der Waals surface area contributed by atoms with E-state index in [9.17, 15) is 0 Å². The standard InChI is InChI=1S/C14H22N2O/c1-11(2)17-9-8-16-7-6-13-12(10-16)4-3-5-14(13)15/h3-5,11H,6-10,15H2,1-2H3. The highest BCUT2D eigenvalue weighted by atomic mass is 16.5.